The second-order valence-corrected chi connectivity index (χ2v) is 10.2. The van der Waals surface area contributed by atoms with E-state index in [0.29, 0.717) is 56.1 Å². The summed E-state index contributed by atoms with van der Waals surface area (Å²) in [6.07, 6.45) is 2.00. The smallest absolute Gasteiger partial charge is 0.411 e. The van der Waals surface area contributed by atoms with Crippen molar-refractivity contribution in [3.63, 3.8) is 0 Å². The largest absolute Gasteiger partial charge is 0.484 e. The van der Waals surface area contributed by atoms with Crippen LogP contribution >= 0.6 is 11.3 Å². The van der Waals surface area contributed by atoms with E-state index in [1.54, 1.807) is 24.3 Å². The Bertz CT molecular complexity index is 1810. The molecular weight excluding hydrogens is 550 g/mol. The van der Waals surface area contributed by atoms with Crippen molar-refractivity contribution >= 4 is 50.7 Å². The SMILES string of the molecule is COc1ccc(N(CC2COc3c(cc(C)c4nc(-c5cc(C=O)cc6nc(OC)cnc56)sc34)O2)C(=O)O)cn1. The van der Waals surface area contributed by atoms with Gasteiger partial charge in [0.2, 0.25) is 11.8 Å². The number of aldehydes is 1. The van der Waals surface area contributed by atoms with Crippen LogP contribution in [0.15, 0.2) is 42.7 Å². The molecule has 1 amide bonds. The van der Waals surface area contributed by atoms with Crippen molar-refractivity contribution in [3.05, 3.63) is 53.9 Å². The summed E-state index contributed by atoms with van der Waals surface area (Å²) in [4.78, 5) is 42.8. The summed E-state index contributed by atoms with van der Waals surface area (Å²) in [5.74, 6) is 1.75. The lowest BCUT2D eigenvalue weighted by Gasteiger charge is -2.30. The lowest BCUT2D eigenvalue weighted by Crippen LogP contribution is -2.43. The molecule has 5 aromatic rings. The first kappa shape index (κ1) is 26.2. The molecule has 0 radical (unpaired) electrons. The van der Waals surface area contributed by atoms with Gasteiger partial charge in [0, 0.05) is 17.2 Å². The number of carbonyl (C=O) groups is 2. The first-order valence-corrected chi connectivity index (χ1v) is 13.2. The Balaban J connectivity index is 1.34. The standard InChI is InChI=1S/C28H23N5O7S/c1-14-6-20-25(39-13-17(40-20)11-33(28(35)36)16-4-5-21(37-2)29-9-16)26-23(14)32-27(41-26)18-7-15(12-34)8-19-24(18)30-10-22(31-19)38-3/h4-10,12,17H,11,13H2,1-3H3,(H,35,36). The van der Waals surface area contributed by atoms with E-state index < -0.39 is 12.2 Å². The quantitative estimate of drug-likeness (QED) is 0.269. The fourth-order valence-corrected chi connectivity index (χ4v) is 5.76. The number of methoxy groups -OCH3 is 2. The van der Waals surface area contributed by atoms with Crippen LogP contribution in [0.25, 0.3) is 31.8 Å². The summed E-state index contributed by atoms with van der Waals surface area (Å²) in [5, 5.41) is 10.5. The monoisotopic (exact) mass is 573 g/mol. The van der Waals surface area contributed by atoms with Gasteiger partial charge in [0.25, 0.3) is 0 Å². The number of rotatable bonds is 7. The molecule has 3 aromatic heterocycles. The van der Waals surface area contributed by atoms with Gasteiger partial charge in [-0.15, -0.1) is 11.3 Å². The maximum atomic E-state index is 12.0. The van der Waals surface area contributed by atoms with Gasteiger partial charge in [-0.25, -0.2) is 24.7 Å². The molecule has 1 aliphatic rings. The molecule has 41 heavy (non-hydrogen) atoms. The van der Waals surface area contributed by atoms with Crippen molar-refractivity contribution in [1.82, 2.24) is 19.9 Å². The summed E-state index contributed by atoms with van der Waals surface area (Å²) in [5.41, 5.74) is 4.16. The van der Waals surface area contributed by atoms with E-state index in [9.17, 15) is 14.7 Å². The molecule has 1 N–H and O–H groups in total. The van der Waals surface area contributed by atoms with Crippen LogP contribution in [-0.2, 0) is 0 Å². The minimum absolute atomic E-state index is 0.0282. The number of carboxylic acid groups (broad SMARTS) is 1. The molecule has 0 spiro atoms. The van der Waals surface area contributed by atoms with Crippen LogP contribution in [0.4, 0.5) is 10.5 Å². The Morgan fingerprint density at radius 2 is 1.95 bits per heavy atom. The lowest BCUT2D eigenvalue weighted by atomic mass is 10.1. The highest BCUT2D eigenvalue weighted by Crippen LogP contribution is 2.46. The van der Waals surface area contributed by atoms with Gasteiger partial charge in [-0.1, -0.05) is 0 Å². The average Bonchev–Trinajstić information content (AvgIpc) is 3.45. The molecule has 0 aliphatic carbocycles. The van der Waals surface area contributed by atoms with Crippen molar-refractivity contribution in [2.75, 3.05) is 32.3 Å². The van der Waals surface area contributed by atoms with E-state index in [0.717, 1.165) is 27.0 Å². The number of anilines is 1. The van der Waals surface area contributed by atoms with E-state index in [4.69, 9.17) is 23.9 Å². The average molecular weight is 574 g/mol. The number of hydrogen-bond donors (Lipinski definition) is 1. The molecule has 1 atom stereocenters. The highest BCUT2D eigenvalue weighted by atomic mass is 32.1. The molecule has 2 aromatic carbocycles. The van der Waals surface area contributed by atoms with Crippen molar-refractivity contribution in [2.45, 2.75) is 13.0 Å². The summed E-state index contributed by atoms with van der Waals surface area (Å²) < 4.78 is 23.4. The zero-order valence-corrected chi connectivity index (χ0v) is 23.0. The molecule has 208 valence electrons. The van der Waals surface area contributed by atoms with Gasteiger partial charge in [0.05, 0.1) is 55.4 Å². The Morgan fingerprint density at radius 1 is 1.12 bits per heavy atom. The Morgan fingerprint density at radius 3 is 2.66 bits per heavy atom. The van der Waals surface area contributed by atoms with Crippen molar-refractivity contribution in [2.24, 2.45) is 0 Å². The molecule has 6 rings (SSSR count). The fourth-order valence-electron chi connectivity index (χ4n) is 4.61. The second-order valence-electron chi connectivity index (χ2n) is 9.19. The molecular formula is C28H23N5O7S. The molecule has 1 unspecified atom stereocenters. The highest BCUT2D eigenvalue weighted by molar-refractivity contribution is 7.22. The molecule has 12 nitrogen and oxygen atoms in total. The van der Waals surface area contributed by atoms with Crippen molar-refractivity contribution in [3.8, 4) is 33.8 Å². The number of aryl methyl sites for hydroxylation is 1. The summed E-state index contributed by atoms with van der Waals surface area (Å²) in [6.45, 7) is 2.07. The molecule has 4 heterocycles. The van der Waals surface area contributed by atoms with Gasteiger partial charge in [0.15, 0.2) is 17.6 Å². The zero-order chi connectivity index (χ0) is 28.7. The third kappa shape index (κ3) is 4.80. The van der Waals surface area contributed by atoms with Crippen LogP contribution in [0, 0.1) is 6.92 Å². The highest BCUT2D eigenvalue weighted by Gasteiger charge is 2.30. The van der Waals surface area contributed by atoms with Crippen LogP contribution in [-0.4, -0.2) is 70.9 Å². The maximum absolute atomic E-state index is 12.0. The van der Waals surface area contributed by atoms with Gasteiger partial charge in [-0.05, 0) is 36.8 Å². The first-order chi connectivity index (χ1) is 19.9. The van der Waals surface area contributed by atoms with E-state index >= 15 is 0 Å². The zero-order valence-electron chi connectivity index (χ0n) is 22.2. The van der Waals surface area contributed by atoms with Gasteiger partial charge in [0.1, 0.15) is 22.6 Å². The van der Waals surface area contributed by atoms with E-state index in [2.05, 4.69) is 15.0 Å². The normalized spacial score (nSPS) is 14.2. The number of nitrogens with zero attached hydrogens (tertiary/aromatic N) is 5. The molecule has 13 heteroatoms. The van der Waals surface area contributed by atoms with Gasteiger partial charge < -0.3 is 24.1 Å². The Labute approximate surface area is 237 Å². The van der Waals surface area contributed by atoms with Crippen LogP contribution in [0.1, 0.15) is 15.9 Å². The third-order valence-electron chi connectivity index (χ3n) is 6.57. The molecule has 1 aliphatic heterocycles. The fraction of sp³-hybridized carbons (Fsp3) is 0.214. The topological polar surface area (TPSA) is 146 Å². The summed E-state index contributed by atoms with van der Waals surface area (Å²) >= 11 is 1.39. The first-order valence-electron chi connectivity index (χ1n) is 12.4. The van der Waals surface area contributed by atoms with E-state index in [1.165, 1.54) is 38.0 Å². The van der Waals surface area contributed by atoms with Gasteiger partial charge >= 0.3 is 6.09 Å². The predicted molar refractivity (Wildman–Crippen MR) is 151 cm³/mol. The van der Waals surface area contributed by atoms with Crippen molar-refractivity contribution < 1.29 is 33.6 Å². The van der Waals surface area contributed by atoms with Crippen LogP contribution in [0.2, 0.25) is 0 Å². The molecule has 0 bridgehead atoms. The number of carbonyl (C=O) groups excluding carboxylic acids is 1. The molecule has 0 saturated carbocycles. The Hall–Kier alpha value is -5.04. The third-order valence-corrected chi connectivity index (χ3v) is 7.65. The number of thiazole rings is 1. The van der Waals surface area contributed by atoms with Crippen LogP contribution in [0.3, 0.4) is 0 Å². The summed E-state index contributed by atoms with van der Waals surface area (Å²) in [7, 11) is 2.99. The predicted octanol–water partition coefficient (Wildman–Crippen LogP) is 4.76. The number of amides is 1. The van der Waals surface area contributed by atoms with Crippen LogP contribution < -0.4 is 23.8 Å². The number of hydrogen-bond acceptors (Lipinski definition) is 11. The van der Waals surface area contributed by atoms with Crippen LogP contribution in [0.5, 0.6) is 23.3 Å². The minimum Gasteiger partial charge on any atom is -0.484 e. The second kappa shape index (κ2) is 10.5. The number of ether oxygens (including phenoxy) is 4. The number of benzene rings is 2. The van der Waals surface area contributed by atoms with E-state index in [1.807, 2.05) is 13.0 Å². The summed E-state index contributed by atoms with van der Waals surface area (Å²) in [6, 6.07) is 8.43. The van der Waals surface area contributed by atoms with E-state index in [-0.39, 0.29) is 13.2 Å². The van der Waals surface area contributed by atoms with Crippen molar-refractivity contribution in [1.29, 1.82) is 0 Å². The Kier molecular flexibility index (Phi) is 6.71. The number of aromatic nitrogens is 4. The molecule has 0 saturated heterocycles. The molecule has 0 fully saturated rings. The lowest BCUT2D eigenvalue weighted by molar-refractivity contribution is 0.0961. The van der Waals surface area contributed by atoms with Gasteiger partial charge in [-0.2, -0.15) is 0 Å². The maximum Gasteiger partial charge on any atom is 0.411 e. The number of fused-ring (bicyclic) bond motifs is 4. The minimum atomic E-state index is -1.14. The number of pyridine rings is 1. The van der Waals surface area contributed by atoms with Gasteiger partial charge in [-0.3, -0.25) is 9.69 Å².